The van der Waals surface area contributed by atoms with Crippen LogP contribution in [0.15, 0.2) is 60.7 Å². The average Bonchev–Trinajstić information content (AvgIpc) is 2.58. The van der Waals surface area contributed by atoms with E-state index < -0.39 is 20.8 Å². The molecule has 2 N–H and O–H groups in total. The second-order valence-corrected chi connectivity index (χ2v) is 5.96. The molecule has 124 valence electrons. The van der Waals surface area contributed by atoms with Crippen molar-refractivity contribution >= 4 is 8.60 Å². The fourth-order valence-corrected chi connectivity index (χ4v) is 2.83. The first-order valence-electron chi connectivity index (χ1n) is 7.78. The summed E-state index contributed by atoms with van der Waals surface area (Å²) in [6.45, 7) is 2.70. The fourth-order valence-electron chi connectivity index (χ4n) is 2.39. The highest BCUT2D eigenvalue weighted by atomic mass is 31.2. The Labute approximate surface area is 138 Å². The van der Waals surface area contributed by atoms with Gasteiger partial charge in [-0.25, -0.2) is 0 Å². The predicted octanol–water partition coefficient (Wildman–Crippen LogP) is 4.51. The van der Waals surface area contributed by atoms with Gasteiger partial charge in [0.1, 0.15) is 12.2 Å². The van der Waals surface area contributed by atoms with E-state index in [4.69, 9.17) is 9.26 Å². The van der Waals surface area contributed by atoms with Crippen LogP contribution in [0.25, 0.3) is 0 Å². The molecular formula is C18H23O4P. The molecule has 0 aliphatic heterocycles. The van der Waals surface area contributed by atoms with Gasteiger partial charge in [0, 0.05) is 6.61 Å². The van der Waals surface area contributed by atoms with E-state index in [0.29, 0.717) is 6.61 Å². The summed E-state index contributed by atoms with van der Waals surface area (Å²) < 4.78 is 11.5. The number of unbranched alkanes of at least 4 members (excludes halogenated alkanes) is 1. The SMILES string of the molecule is CCCCOC(c1ccccc1)C(OP(O)O)c1ccccc1. The quantitative estimate of drug-likeness (QED) is 0.523. The van der Waals surface area contributed by atoms with E-state index >= 15 is 0 Å². The highest BCUT2D eigenvalue weighted by Crippen LogP contribution is 2.43. The van der Waals surface area contributed by atoms with Gasteiger partial charge in [-0.05, 0) is 17.5 Å². The summed E-state index contributed by atoms with van der Waals surface area (Å²) in [4.78, 5) is 18.8. The minimum absolute atomic E-state index is 0.394. The Morgan fingerprint density at radius 1 is 0.870 bits per heavy atom. The molecule has 2 atom stereocenters. The van der Waals surface area contributed by atoms with Crippen molar-refractivity contribution in [3.63, 3.8) is 0 Å². The van der Waals surface area contributed by atoms with Gasteiger partial charge in [-0.3, -0.25) is 0 Å². The molecule has 0 aliphatic carbocycles. The van der Waals surface area contributed by atoms with Gasteiger partial charge in [0.15, 0.2) is 0 Å². The van der Waals surface area contributed by atoms with Crippen LogP contribution in [0.2, 0.25) is 0 Å². The second-order valence-electron chi connectivity index (χ2n) is 5.25. The lowest BCUT2D eigenvalue weighted by Crippen LogP contribution is -2.17. The monoisotopic (exact) mass is 334 g/mol. The molecule has 4 nitrogen and oxygen atoms in total. The van der Waals surface area contributed by atoms with Gasteiger partial charge in [-0.2, -0.15) is 0 Å². The molecule has 0 heterocycles. The first kappa shape index (κ1) is 18.1. The Balaban J connectivity index is 2.30. The summed E-state index contributed by atoms with van der Waals surface area (Å²) in [6, 6.07) is 19.3. The number of hydrogen-bond donors (Lipinski definition) is 2. The van der Waals surface area contributed by atoms with Crippen LogP contribution < -0.4 is 0 Å². The van der Waals surface area contributed by atoms with Crippen LogP contribution in [0.4, 0.5) is 0 Å². The van der Waals surface area contributed by atoms with Crippen molar-refractivity contribution in [2.75, 3.05) is 6.61 Å². The smallest absolute Gasteiger partial charge is 0.327 e. The Bertz CT molecular complexity index is 547. The lowest BCUT2D eigenvalue weighted by atomic mass is 9.98. The zero-order valence-corrected chi connectivity index (χ0v) is 14.1. The maximum atomic E-state index is 9.39. The summed E-state index contributed by atoms with van der Waals surface area (Å²) in [5.74, 6) is 0. The first-order valence-corrected chi connectivity index (χ1v) is 8.95. The third-order valence-corrected chi connectivity index (χ3v) is 3.95. The van der Waals surface area contributed by atoms with Crippen molar-refractivity contribution in [2.24, 2.45) is 0 Å². The largest absolute Gasteiger partial charge is 0.370 e. The number of hydrogen-bond acceptors (Lipinski definition) is 4. The number of ether oxygens (including phenoxy) is 1. The Kier molecular flexibility index (Phi) is 7.66. The number of benzene rings is 2. The van der Waals surface area contributed by atoms with Crippen LogP contribution >= 0.6 is 8.60 Å². The summed E-state index contributed by atoms with van der Waals surface area (Å²) in [5, 5.41) is 0. The highest BCUT2D eigenvalue weighted by molar-refractivity contribution is 7.39. The lowest BCUT2D eigenvalue weighted by Gasteiger charge is -2.28. The average molecular weight is 334 g/mol. The third-order valence-electron chi connectivity index (χ3n) is 3.53. The normalized spacial score (nSPS) is 13.9. The third kappa shape index (κ3) is 5.69. The Hall–Kier alpha value is -1.29. The first-order chi connectivity index (χ1) is 11.2. The minimum Gasteiger partial charge on any atom is -0.370 e. The summed E-state index contributed by atoms with van der Waals surface area (Å²) >= 11 is 0. The number of rotatable bonds is 9. The van der Waals surface area contributed by atoms with Crippen LogP contribution in [0, 0.1) is 0 Å². The second kappa shape index (κ2) is 9.76. The van der Waals surface area contributed by atoms with Crippen molar-refractivity contribution in [3.8, 4) is 0 Å². The maximum Gasteiger partial charge on any atom is 0.327 e. The maximum absolute atomic E-state index is 9.39. The molecule has 0 radical (unpaired) electrons. The standard InChI is InChI=1S/C18H23O4P/c1-2-3-14-21-17(15-10-6-4-7-11-15)18(22-23(19)20)16-12-8-5-9-13-16/h4-13,17-20H,2-3,14H2,1H3. The van der Waals surface area contributed by atoms with Crippen molar-refractivity contribution in [1.29, 1.82) is 0 Å². The molecule has 0 aromatic heterocycles. The molecule has 0 aliphatic rings. The molecule has 0 bridgehead atoms. The van der Waals surface area contributed by atoms with Crippen LogP contribution in [-0.2, 0) is 9.26 Å². The van der Waals surface area contributed by atoms with Crippen LogP contribution in [-0.4, -0.2) is 16.4 Å². The van der Waals surface area contributed by atoms with Crippen molar-refractivity contribution in [1.82, 2.24) is 0 Å². The van der Waals surface area contributed by atoms with Gasteiger partial charge in [0.05, 0.1) is 0 Å². The summed E-state index contributed by atoms with van der Waals surface area (Å²) in [6.07, 6.45) is 1.01. The topological polar surface area (TPSA) is 58.9 Å². The molecule has 2 aromatic rings. The van der Waals surface area contributed by atoms with Crippen LogP contribution in [0.1, 0.15) is 43.1 Å². The molecule has 0 saturated carbocycles. The predicted molar refractivity (Wildman–Crippen MR) is 91.7 cm³/mol. The molecule has 0 amide bonds. The van der Waals surface area contributed by atoms with Gasteiger partial charge >= 0.3 is 8.60 Å². The Morgan fingerprint density at radius 3 is 1.87 bits per heavy atom. The highest BCUT2D eigenvalue weighted by Gasteiger charge is 2.28. The van der Waals surface area contributed by atoms with Crippen molar-refractivity contribution < 1.29 is 19.0 Å². The van der Waals surface area contributed by atoms with Gasteiger partial charge in [0.25, 0.3) is 0 Å². The molecule has 0 spiro atoms. The molecule has 2 rings (SSSR count). The van der Waals surface area contributed by atoms with Crippen LogP contribution in [0.5, 0.6) is 0 Å². The van der Waals surface area contributed by atoms with Crippen LogP contribution in [0.3, 0.4) is 0 Å². The van der Waals surface area contributed by atoms with E-state index in [-0.39, 0.29) is 0 Å². The minimum atomic E-state index is -2.48. The van der Waals surface area contributed by atoms with E-state index in [1.54, 1.807) is 0 Å². The molecule has 0 saturated heterocycles. The molecule has 2 aromatic carbocycles. The molecule has 5 heteroatoms. The van der Waals surface area contributed by atoms with Gasteiger partial charge < -0.3 is 19.0 Å². The zero-order valence-electron chi connectivity index (χ0n) is 13.2. The van der Waals surface area contributed by atoms with Crippen molar-refractivity contribution in [3.05, 3.63) is 71.8 Å². The summed E-state index contributed by atoms with van der Waals surface area (Å²) in [7, 11) is -2.48. The van der Waals surface area contributed by atoms with Gasteiger partial charge in [0.2, 0.25) is 0 Å². The Morgan fingerprint density at radius 2 is 1.39 bits per heavy atom. The van der Waals surface area contributed by atoms with E-state index in [2.05, 4.69) is 6.92 Å². The van der Waals surface area contributed by atoms with E-state index in [0.717, 1.165) is 24.0 Å². The lowest BCUT2D eigenvalue weighted by molar-refractivity contribution is -0.0342. The summed E-state index contributed by atoms with van der Waals surface area (Å²) in [5.41, 5.74) is 1.81. The van der Waals surface area contributed by atoms with E-state index in [9.17, 15) is 9.79 Å². The fraction of sp³-hybridized carbons (Fsp3) is 0.333. The van der Waals surface area contributed by atoms with E-state index in [1.165, 1.54) is 0 Å². The zero-order chi connectivity index (χ0) is 16.5. The molecule has 2 unspecified atom stereocenters. The van der Waals surface area contributed by atoms with Crippen molar-refractivity contribution in [2.45, 2.75) is 32.0 Å². The molecule has 23 heavy (non-hydrogen) atoms. The molecular weight excluding hydrogens is 311 g/mol. The van der Waals surface area contributed by atoms with Gasteiger partial charge in [-0.1, -0.05) is 74.0 Å². The molecule has 0 fully saturated rings. The van der Waals surface area contributed by atoms with E-state index in [1.807, 2.05) is 60.7 Å². The van der Waals surface area contributed by atoms with Gasteiger partial charge in [-0.15, -0.1) is 0 Å².